The van der Waals surface area contributed by atoms with Crippen molar-refractivity contribution in [2.24, 2.45) is 5.73 Å². The number of hydrogen-bond donors (Lipinski definition) is 2. The number of amides is 1. The van der Waals surface area contributed by atoms with Crippen LogP contribution in [0.3, 0.4) is 0 Å². The van der Waals surface area contributed by atoms with Crippen molar-refractivity contribution in [2.45, 2.75) is 44.8 Å². The van der Waals surface area contributed by atoms with Crippen molar-refractivity contribution in [3.8, 4) is 0 Å². The molecule has 0 bridgehead atoms. The second kappa shape index (κ2) is 6.37. The van der Waals surface area contributed by atoms with E-state index in [9.17, 15) is 4.79 Å². The van der Waals surface area contributed by atoms with Crippen LogP contribution >= 0.6 is 0 Å². The van der Waals surface area contributed by atoms with E-state index in [2.05, 4.69) is 36.5 Å². The zero-order chi connectivity index (χ0) is 14.7. The minimum Gasteiger partial charge on any atom is -0.352 e. The lowest BCUT2D eigenvalue weighted by atomic mass is 9.98. The van der Waals surface area contributed by atoms with Gasteiger partial charge in [-0.1, -0.05) is 29.8 Å². The minimum absolute atomic E-state index is 0.0311. The molecule has 1 amide bonds. The number of nitrogens with zero attached hydrogens (tertiary/aromatic N) is 1. The molecule has 0 radical (unpaired) electrons. The fraction of sp³-hybridized carbons (Fsp3) is 0.562. The Morgan fingerprint density at radius 1 is 1.40 bits per heavy atom. The first-order chi connectivity index (χ1) is 9.47. The zero-order valence-corrected chi connectivity index (χ0v) is 12.6. The highest BCUT2D eigenvalue weighted by molar-refractivity contribution is 5.78. The zero-order valence-electron chi connectivity index (χ0n) is 12.6. The van der Waals surface area contributed by atoms with Crippen LogP contribution in [-0.4, -0.2) is 36.5 Å². The van der Waals surface area contributed by atoms with Crippen molar-refractivity contribution in [1.82, 2.24) is 10.2 Å². The Morgan fingerprint density at radius 3 is 2.50 bits per heavy atom. The molecule has 1 aromatic rings. The first-order valence-electron chi connectivity index (χ1n) is 7.29. The Morgan fingerprint density at radius 2 is 2.00 bits per heavy atom. The van der Waals surface area contributed by atoms with Gasteiger partial charge in [0.1, 0.15) is 0 Å². The van der Waals surface area contributed by atoms with E-state index in [0.717, 1.165) is 18.4 Å². The van der Waals surface area contributed by atoms with Crippen molar-refractivity contribution < 1.29 is 4.79 Å². The number of carbonyl (C=O) groups excluding carboxylic acids is 1. The van der Waals surface area contributed by atoms with Crippen molar-refractivity contribution >= 4 is 5.91 Å². The maximum atomic E-state index is 11.9. The van der Waals surface area contributed by atoms with Crippen LogP contribution < -0.4 is 11.1 Å². The summed E-state index contributed by atoms with van der Waals surface area (Å²) in [6.07, 6.45) is 2.23. The summed E-state index contributed by atoms with van der Waals surface area (Å²) in [6.45, 7) is 4.44. The number of aryl methyl sites for hydroxylation is 1. The Kier molecular flexibility index (Phi) is 4.78. The van der Waals surface area contributed by atoms with E-state index in [1.165, 1.54) is 5.56 Å². The van der Waals surface area contributed by atoms with E-state index in [1.54, 1.807) is 0 Å². The van der Waals surface area contributed by atoms with Gasteiger partial charge < -0.3 is 11.1 Å². The molecular formula is C16H25N3O. The quantitative estimate of drug-likeness (QED) is 0.829. The summed E-state index contributed by atoms with van der Waals surface area (Å²) in [7, 11) is 1.96. The number of rotatable bonds is 6. The maximum absolute atomic E-state index is 11.9. The van der Waals surface area contributed by atoms with E-state index in [1.807, 2.05) is 18.9 Å². The lowest BCUT2D eigenvalue weighted by Gasteiger charge is -2.31. The third-order valence-corrected chi connectivity index (χ3v) is 3.73. The van der Waals surface area contributed by atoms with Crippen molar-refractivity contribution in [3.63, 3.8) is 0 Å². The van der Waals surface area contributed by atoms with Gasteiger partial charge in [-0.3, -0.25) is 9.69 Å². The molecule has 1 saturated carbocycles. The van der Waals surface area contributed by atoms with Crippen LogP contribution in [0.15, 0.2) is 24.3 Å². The highest BCUT2D eigenvalue weighted by atomic mass is 16.2. The molecule has 1 aromatic carbocycles. The minimum atomic E-state index is -0.0311. The molecule has 4 heteroatoms. The summed E-state index contributed by atoms with van der Waals surface area (Å²) in [6, 6.07) is 8.80. The average molecular weight is 275 g/mol. The van der Waals surface area contributed by atoms with Crippen LogP contribution in [0.25, 0.3) is 0 Å². The molecule has 2 atom stereocenters. The third-order valence-electron chi connectivity index (χ3n) is 3.73. The van der Waals surface area contributed by atoms with Gasteiger partial charge in [0.05, 0.1) is 6.54 Å². The van der Waals surface area contributed by atoms with Crippen molar-refractivity contribution in [1.29, 1.82) is 0 Å². The number of likely N-dealkylation sites (N-methyl/N-ethyl adjacent to an activating group) is 1. The Bertz CT molecular complexity index is 451. The van der Waals surface area contributed by atoms with Crippen LogP contribution in [0.4, 0.5) is 0 Å². The number of nitrogens with one attached hydrogen (secondary N) is 1. The molecule has 0 aromatic heterocycles. The van der Waals surface area contributed by atoms with Gasteiger partial charge in [-0.25, -0.2) is 0 Å². The standard InChI is InChI=1S/C16H25N3O/c1-11-4-6-13(7-5-11)16(12(2)17)19(3)10-15(20)18-14-8-9-14/h4-7,12,14,16H,8-10,17H2,1-3H3,(H,18,20). The van der Waals surface area contributed by atoms with Crippen LogP contribution in [0.1, 0.15) is 36.9 Å². The summed E-state index contributed by atoms with van der Waals surface area (Å²) < 4.78 is 0. The topological polar surface area (TPSA) is 58.4 Å². The van der Waals surface area contributed by atoms with E-state index in [-0.39, 0.29) is 18.0 Å². The maximum Gasteiger partial charge on any atom is 0.234 e. The Balaban J connectivity index is 2.02. The summed E-state index contributed by atoms with van der Waals surface area (Å²) >= 11 is 0. The fourth-order valence-electron chi connectivity index (χ4n) is 2.55. The molecule has 3 N–H and O–H groups in total. The third kappa shape index (κ3) is 4.05. The smallest absolute Gasteiger partial charge is 0.234 e. The van der Waals surface area contributed by atoms with Gasteiger partial charge in [0.15, 0.2) is 0 Å². The second-order valence-corrected chi connectivity index (χ2v) is 5.97. The van der Waals surface area contributed by atoms with Crippen molar-refractivity contribution in [2.75, 3.05) is 13.6 Å². The fourth-order valence-corrected chi connectivity index (χ4v) is 2.55. The monoisotopic (exact) mass is 275 g/mol. The van der Waals surface area contributed by atoms with Crippen LogP contribution in [0, 0.1) is 6.92 Å². The first-order valence-corrected chi connectivity index (χ1v) is 7.29. The molecular weight excluding hydrogens is 250 g/mol. The Hall–Kier alpha value is -1.39. The predicted molar refractivity (Wildman–Crippen MR) is 81.4 cm³/mol. The second-order valence-electron chi connectivity index (χ2n) is 5.97. The molecule has 2 unspecified atom stereocenters. The van der Waals surface area contributed by atoms with E-state index in [0.29, 0.717) is 12.6 Å². The lowest BCUT2D eigenvalue weighted by molar-refractivity contribution is -0.122. The SMILES string of the molecule is Cc1ccc(C(C(C)N)N(C)CC(=O)NC2CC2)cc1. The molecule has 0 heterocycles. The molecule has 1 fully saturated rings. The van der Waals surface area contributed by atoms with Gasteiger partial charge in [0.2, 0.25) is 5.91 Å². The number of nitrogens with two attached hydrogens (primary N) is 1. The molecule has 2 rings (SSSR count). The van der Waals surface area contributed by atoms with Crippen LogP contribution in [0.2, 0.25) is 0 Å². The molecule has 1 aliphatic carbocycles. The first kappa shape index (κ1) is 15.0. The molecule has 0 aliphatic heterocycles. The van der Waals surface area contributed by atoms with Gasteiger partial charge >= 0.3 is 0 Å². The molecule has 0 spiro atoms. The predicted octanol–water partition coefficient (Wildman–Crippen LogP) is 1.59. The summed E-state index contributed by atoms with van der Waals surface area (Å²) in [4.78, 5) is 14.0. The van der Waals surface area contributed by atoms with Crippen molar-refractivity contribution in [3.05, 3.63) is 35.4 Å². The molecule has 4 nitrogen and oxygen atoms in total. The largest absolute Gasteiger partial charge is 0.352 e. The summed E-state index contributed by atoms with van der Waals surface area (Å²) in [5.74, 6) is 0.0905. The Labute approximate surface area is 121 Å². The van der Waals surface area contributed by atoms with Crippen LogP contribution in [-0.2, 0) is 4.79 Å². The highest BCUT2D eigenvalue weighted by Gasteiger charge is 2.26. The molecule has 110 valence electrons. The normalized spacial score (nSPS) is 17.9. The average Bonchev–Trinajstić information content (AvgIpc) is 3.15. The molecule has 20 heavy (non-hydrogen) atoms. The summed E-state index contributed by atoms with van der Waals surface area (Å²) in [5, 5.41) is 3.02. The van der Waals surface area contributed by atoms with E-state index in [4.69, 9.17) is 5.73 Å². The van der Waals surface area contributed by atoms with Gasteiger partial charge in [0, 0.05) is 18.1 Å². The lowest BCUT2D eigenvalue weighted by Crippen LogP contribution is -2.43. The number of carbonyl (C=O) groups is 1. The number of benzene rings is 1. The van der Waals surface area contributed by atoms with Gasteiger partial charge in [-0.15, -0.1) is 0 Å². The van der Waals surface area contributed by atoms with Gasteiger partial charge in [-0.05, 0) is 39.3 Å². The molecule has 0 saturated heterocycles. The number of hydrogen-bond acceptors (Lipinski definition) is 3. The molecule has 1 aliphatic rings. The van der Waals surface area contributed by atoms with Crippen LogP contribution in [0.5, 0.6) is 0 Å². The summed E-state index contributed by atoms with van der Waals surface area (Å²) in [5.41, 5.74) is 8.51. The van der Waals surface area contributed by atoms with Gasteiger partial charge in [-0.2, -0.15) is 0 Å². The van der Waals surface area contributed by atoms with E-state index < -0.39 is 0 Å². The van der Waals surface area contributed by atoms with E-state index >= 15 is 0 Å². The van der Waals surface area contributed by atoms with Gasteiger partial charge in [0.25, 0.3) is 0 Å². The highest BCUT2D eigenvalue weighted by Crippen LogP contribution is 2.23.